The Hall–Kier alpha value is -3.28. The molecule has 0 spiro atoms. The fourth-order valence-corrected chi connectivity index (χ4v) is 2.75. The van der Waals surface area contributed by atoms with Gasteiger partial charge in [0.25, 0.3) is 0 Å². The lowest BCUT2D eigenvalue weighted by molar-refractivity contribution is -0.137. The van der Waals surface area contributed by atoms with Gasteiger partial charge < -0.3 is 10.1 Å². The molecule has 1 N–H and O–H groups in total. The normalized spacial score (nSPS) is 11.1. The standard InChI is InChI=1S/C23H20F3NO2/c24-23(25,26)19-10-6-17(7-11-19)14-15-27-22(28)16-18-8-12-21(13-9-18)29-20-4-2-1-3-5-20/h1-13H,14-16H2,(H,27,28). The van der Waals surface area contributed by atoms with Gasteiger partial charge in [-0.15, -0.1) is 0 Å². The van der Waals surface area contributed by atoms with E-state index in [1.807, 2.05) is 42.5 Å². The molecule has 0 saturated carbocycles. The molecule has 0 aliphatic rings. The zero-order valence-corrected chi connectivity index (χ0v) is 15.6. The molecule has 0 aliphatic heterocycles. The summed E-state index contributed by atoms with van der Waals surface area (Å²) in [4.78, 5) is 12.1. The summed E-state index contributed by atoms with van der Waals surface area (Å²) in [6.07, 6.45) is -3.65. The van der Waals surface area contributed by atoms with E-state index in [9.17, 15) is 18.0 Å². The summed E-state index contributed by atoms with van der Waals surface area (Å²) >= 11 is 0. The first-order valence-electron chi connectivity index (χ1n) is 9.15. The molecule has 0 heterocycles. The lowest BCUT2D eigenvalue weighted by Gasteiger charge is -2.09. The molecule has 0 radical (unpaired) electrons. The van der Waals surface area contributed by atoms with Gasteiger partial charge in [0.2, 0.25) is 5.91 Å². The Morgan fingerprint density at radius 2 is 1.38 bits per heavy atom. The molecule has 1 amide bonds. The average Bonchev–Trinajstić information content (AvgIpc) is 2.70. The van der Waals surface area contributed by atoms with E-state index >= 15 is 0 Å². The third-order valence-corrected chi connectivity index (χ3v) is 4.28. The van der Waals surface area contributed by atoms with Crippen molar-refractivity contribution < 1.29 is 22.7 Å². The van der Waals surface area contributed by atoms with E-state index < -0.39 is 11.7 Å². The van der Waals surface area contributed by atoms with Crippen LogP contribution in [-0.2, 0) is 23.8 Å². The van der Waals surface area contributed by atoms with Crippen LogP contribution in [0, 0.1) is 0 Å². The molecule has 3 aromatic rings. The minimum Gasteiger partial charge on any atom is -0.457 e. The number of hydrogen-bond donors (Lipinski definition) is 1. The molecule has 150 valence electrons. The maximum atomic E-state index is 12.6. The van der Waals surface area contributed by atoms with E-state index in [1.54, 1.807) is 12.1 Å². The lowest BCUT2D eigenvalue weighted by Crippen LogP contribution is -2.27. The summed E-state index contributed by atoms with van der Waals surface area (Å²) in [6.45, 7) is 0.361. The highest BCUT2D eigenvalue weighted by Gasteiger charge is 2.29. The fraction of sp³-hybridized carbons (Fsp3) is 0.174. The number of carbonyl (C=O) groups is 1. The van der Waals surface area contributed by atoms with Crippen LogP contribution in [0.5, 0.6) is 11.5 Å². The monoisotopic (exact) mass is 399 g/mol. The Kier molecular flexibility index (Phi) is 6.54. The molecule has 0 atom stereocenters. The van der Waals surface area contributed by atoms with E-state index in [4.69, 9.17) is 4.74 Å². The molecule has 0 fully saturated rings. The molecule has 3 rings (SSSR count). The third-order valence-electron chi connectivity index (χ3n) is 4.28. The first-order valence-corrected chi connectivity index (χ1v) is 9.15. The highest BCUT2D eigenvalue weighted by atomic mass is 19.4. The number of carbonyl (C=O) groups excluding carboxylic acids is 1. The highest BCUT2D eigenvalue weighted by molar-refractivity contribution is 5.78. The largest absolute Gasteiger partial charge is 0.457 e. The Morgan fingerprint density at radius 3 is 2.00 bits per heavy atom. The molecule has 0 saturated heterocycles. The van der Waals surface area contributed by atoms with E-state index in [0.717, 1.165) is 29.0 Å². The molecule has 6 heteroatoms. The summed E-state index contributed by atoms with van der Waals surface area (Å²) in [5.74, 6) is 1.28. The maximum Gasteiger partial charge on any atom is 0.416 e. The fourth-order valence-electron chi connectivity index (χ4n) is 2.75. The van der Waals surface area contributed by atoms with Gasteiger partial charge in [-0.2, -0.15) is 13.2 Å². The topological polar surface area (TPSA) is 38.3 Å². The molecule has 3 nitrogen and oxygen atoms in total. The zero-order valence-electron chi connectivity index (χ0n) is 15.6. The van der Waals surface area contributed by atoms with Crippen molar-refractivity contribution in [2.75, 3.05) is 6.54 Å². The minimum absolute atomic E-state index is 0.145. The number of ether oxygens (including phenoxy) is 1. The van der Waals surface area contributed by atoms with Crippen LogP contribution in [0.4, 0.5) is 13.2 Å². The Balaban J connectivity index is 1.43. The predicted molar refractivity (Wildman–Crippen MR) is 105 cm³/mol. The van der Waals surface area contributed by atoms with Crippen LogP contribution in [0.3, 0.4) is 0 Å². The van der Waals surface area contributed by atoms with Crippen LogP contribution in [0.25, 0.3) is 0 Å². The quantitative estimate of drug-likeness (QED) is 0.578. The Morgan fingerprint density at radius 1 is 0.793 bits per heavy atom. The van der Waals surface area contributed by atoms with Crippen molar-refractivity contribution in [3.05, 3.63) is 95.6 Å². The second kappa shape index (κ2) is 9.28. The van der Waals surface area contributed by atoms with Gasteiger partial charge in [0, 0.05) is 6.54 Å². The first-order chi connectivity index (χ1) is 13.9. The van der Waals surface area contributed by atoms with E-state index in [1.165, 1.54) is 12.1 Å². The summed E-state index contributed by atoms with van der Waals surface area (Å²) in [5.41, 5.74) is 0.906. The summed E-state index contributed by atoms with van der Waals surface area (Å²) < 4.78 is 43.4. The van der Waals surface area contributed by atoms with Crippen molar-refractivity contribution in [2.24, 2.45) is 0 Å². The number of halogens is 3. The van der Waals surface area contributed by atoms with Crippen LogP contribution in [0.1, 0.15) is 16.7 Å². The van der Waals surface area contributed by atoms with Crippen molar-refractivity contribution in [1.29, 1.82) is 0 Å². The van der Waals surface area contributed by atoms with Gasteiger partial charge in [-0.25, -0.2) is 0 Å². The second-order valence-electron chi connectivity index (χ2n) is 6.53. The molecule has 3 aromatic carbocycles. The van der Waals surface area contributed by atoms with Gasteiger partial charge in [-0.1, -0.05) is 42.5 Å². The van der Waals surface area contributed by atoms with Crippen LogP contribution in [-0.4, -0.2) is 12.5 Å². The van der Waals surface area contributed by atoms with E-state index in [0.29, 0.717) is 18.7 Å². The van der Waals surface area contributed by atoms with Crippen LogP contribution in [0.15, 0.2) is 78.9 Å². The molecule has 0 unspecified atom stereocenters. The number of hydrogen-bond acceptors (Lipinski definition) is 2. The van der Waals surface area contributed by atoms with E-state index in [2.05, 4.69) is 5.32 Å². The number of benzene rings is 3. The van der Waals surface area contributed by atoms with Gasteiger partial charge in [0.05, 0.1) is 12.0 Å². The number of alkyl halides is 3. The summed E-state index contributed by atoms with van der Waals surface area (Å²) in [7, 11) is 0. The number of amides is 1. The van der Waals surface area contributed by atoms with Crippen LogP contribution >= 0.6 is 0 Å². The average molecular weight is 399 g/mol. The SMILES string of the molecule is O=C(Cc1ccc(Oc2ccccc2)cc1)NCCc1ccc(C(F)(F)F)cc1. The number of para-hydroxylation sites is 1. The maximum absolute atomic E-state index is 12.6. The Labute approximate surface area is 167 Å². The third kappa shape index (κ3) is 6.38. The first kappa shape index (κ1) is 20.5. The molecule has 0 aliphatic carbocycles. The molecular formula is C23H20F3NO2. The van der Waals surface area contributed by atoms with Crippen LogP contribution < -0.4 is 10.1 Å². The van der Waals surface area contributed by atoms with Crippen molar-refractivity contribution in [2.45, 2.75) is 19.0 Å². The van der Waals surface area contributed by atoms with Gasteiger partial charge in [-0.05, 0) is 53.9 Å². The summed E-state index contributed by atoms with van der Waals surface area (Å²) in [6, 6.07) is 21.6. The zero-order chi connectivity index (χ0) is 20.7. The smallest absolute Gasteiger partial charge is 0.416 e. The second-order valence-corrected chi connectivity index (χ2v) is 6.53. The van der Waals surface area contributed by atoms with Crippen molar-refractivity contribution in [3.8, 4) is 11.5 Å². The number of nitrogens with one attached hydrogen (secondary N) is 1. The van der Waals surface area contributed by atoms with Gasteiger partial charge in [0.1, 0.15) is 11.5 Å². The Bertz CT molecular complexity index is 921. The summed E-state index contributed by atoms with van der Waals surface area (Å²) in [5, 5.41) is 2.79. The highest BCUT2D eigenvalue weighted by Crippen LogP contribution is 2.29. The molecule has 29 heavy (non-hydrogen) atoms. The number of rotatable bonds is 7. The minimum atomic E-state index is -4.34. The van der Waals surface area contributed by atoms with Gasteiger partial charge >= 0.3 is 6.18 Å². The molecule has 0 bridgehead atoms. The van der Waals surface area contributed by atoms with Crippen molar-refractivity contribution in [1.82, 2.24) is 5.32 Å². The molecular weight excluding hydrogens is 379 g/mol. The molecule has 0 aromatic heterocycles. The van der Waals surface area contributed by atoms with Crippen molar-refractivity contribution in [3.63, 3.8) is 0 Å². The lowest BCUT2D eigenvalue weighted by atomic mass is 10.1. The van der Waals surface area contributed by atoms with E-state index in [-0.39, 0.29) is 12.3 Å². The van der Waals surface area contributed by atoms with Gasteiger partial charge in [0.15, 0.2) is 0 Å². The van der Waals surface area contributed by atoms with Gasteiger partial charge in [-0.3, -0.25) is 4.79 Å². The predicted octanol–water partition coefficient (Wildman–Crippen LogP) is 5.40. The van der Waals surface area contributed by atoms with Crippen LogP contribution in [0.2, 0.25) is 0 Å². The van der Waals surface area contributed by atoms with Crippen molar-refractivity contribution >= 4 is 5.91 Å².